The molecular formula is C17H29N5O. The molecule has 0 fully saturated rings. The molecule has 128 valence electrons. The summed E-state index contributed by atoms with van der Waals surface area (Å²) in [6.45, 7) is 9.43. The maximum atomic E-state index is 5.55. The van der Waals surface area contributed by atoms with Crippen molar-refractivity contribution in [3.8, 4) is 5.88 Å². The zero-order chi connectivity index (χ0) is 17.1. The van der Waals surface area contributed by atoms with Crippen LogP contribution in [0.1, 0.15) is 56.7 Å². The van der Waals surface area contributed by atoms with Crippen molar-refractivity contribution < 1.29 is 4.74 Å². The Morgan fingerprint density at radius 3 is 2.39 bits per heavy atom. The van der Waals surface area contributed by atoms with Gasteiger partial charge < -0.3 is 14.6 Å². The molecule has 1 unspecified atom stereocenters. The third-order valence-electron chi connectivity index (χ3n) is 4.16. The Kier molecular flexibility index (Phi) is 5.46. The number of hydrogen-bond donors (Lipinski definition) is 1. The number of aryl methyl sites for hydroxylation is 2. The van der Waals surface area contributed by atoms with Gasteiger partial charge >= 0.3 is 0 Å². The number of aromatic nitrogens is 4. The lowest BCUT2D eigenvalue weighted by Gasteiger charge is -2.22. The minimum Gasteiger partial charge on any atom is -0.481 e. The molecule has 1 N–H and O–H groups in total. The van der Waals surface area contributed by atoms with Gasteiger partial charge in [0.2, 0.25) is 5.88 Å². The topological polar surface area (TPSA) is 56.9 Å². The fourth-order valence-corrected chi connectivity index (χ4v) is 2.97. The normalized spacial score (nSPS) is 13.1. The lowest BCUT2D eigenvalue weighted by molar-refractivity contribution is 0.356. The van der Waals surface area contributed by atoms with E-state index in [1.54, 1.807) is 7.11 Å². The second kappa shape index (κ2) is 7.17. The summed E-state index contributed by atoms with van der Waals surface area (Å²) in [4.78, 5) is 4.50. The summed E-state index contributed by atoms with van der Waals surface area (Å²) in [7, 11) is 5.65. The van der Waals surface area contributed by atoms with Crippen LogP contribution in [0.15, 0.2) is 12.4 Å². The van der Waals surface area contributed by atoms with Crippen LogP contribution in [-0.2, 0) is 20.6 Å². The SMILES string of the molecule is COc1c(CNC(c2nccn2C)C(C)C)c(C(C)C)nn1C. The third-order valence-corrected chi connectivity index (χ3v) is 4.16. The molecule has 2 rings (SSSR count). The molecule has 0 spiro atoms. The van der Waals surface area contributed by atoms with Gasteiger partial charge in [-0.2, -0.15) is 5.10 Å². The van der Waals surface area contributed by atoms with E-state index in [1.807, 2.05) is 31.2 Å². The van der Waals surface area contributed by atoms with E-state index in [4.69, 9.17) is 4.74 Å². The van der Waals surface area contributed by atoms with Gasteiger partial charge in [0.05, 0.1) is 24.4 Å². The Morgan fingerprint density at radius 1 is 1.22 bits per heavy atom. The second-order valence-corrected chi connectivity index (χ2v) is 6.65. The molecule has 6 nitrogen and oxygen atoms in total. The Balaban J connectivity index is 2.26. The molecule has 0 aromatic carbocycles. The monoisotopic (exact) mass is 319 g/mol. The molecule has 0 amide bonds. The highest BCUT2D eigenvalue weighted by Crippen LogP contribution is 2.28. The third kappa shape index (κ3) is 3.58. The van der Waals surface area contributed by atoms with Crippen LogP contribution in [0, 0.1) is 5.92 Å². The van der Waals surface area contributed by atoms with Crippen molar-refractivity contribution in [1.29, 1.82) is 0 Å². The van der Waals surface area contributed by atoms with E-state index in [9.17, 15) is 0 Å². The fraction of sp³-hybridized carbons (Fsp3) is 0.647. The van der Waals surface area contributed by atoms with Crippen LogP contribution in [0.25, 0.3) is 0 Å². The van der Waals surface area contributed by atoms with Crippen molar-refractivity contribution in [3.63, 3.8) is 0 Å². The molecule has 23 heavy (non-hydrogen) atoms. The first kappa shape index (κ1) is 17.5. The Hall–Kier alpha value is -1.82. The largest absolute Gasteiger partial charge is 0.481 e. The summed E-state index contributed by atoms with van der Waals surface area (Å²) in [5, 5.41) is 8.26. The lowest BCUT2D eigenvalue weighted by Crippen LogP contribution is -2.28. The summed E-state index contributed by atoms with van der Waals surface area (Å²) in [6.07, 6.45) is 3.83. The van der Waals surface area contributed by atoms with E-state index in [-0.39, 0.29) is 6.04 Å². The molecule has 2 aromatic rings. The summed E-state index contributed by atoms with van der Waals surface area (Å²) in [5.41, 5.74) is 2.21. The Bertz CT molecular complexity index is 641. The zero-order valence-electron chi connectivity index (χ0n) is 15.3. The fourth-order valence-electron chi connectivity index (χ4n) is 2.97. The number of ether oxygens (including phenoxy) is 1. The highest BCUT2D eigenvalue weighted by Gasteiger charge is 2.23. The molecule has 6 heteroatoms. The van der Waals surface area contributed by atoms with Crippen LogP contribution < -0.4 is 10.1 Å². The number of hydrogen-bond acceptors (Lipinski definition) is 4. The molecule has 0 aliphatic heterocycles. The average Bonchev–Trinajstić information content (AvgIpc) is 3.03. The van der Waals surface area contributed by atoms with Crippen LogP contribution in [0.3, 0.4) is 0 Å². The van der Waals surface area contributed by atoms with Crippen molar-refractivity contribution in [3.05, 3.63) is 29.5 Å². The summed E-state index contributed by atoms with van der Waals surface area (Å²) >= 11 is 0. The first-order chi connectivity index (χ1) is 10.9. The number of nitrogens with zero attached hydrogens (tertiary/aromatic N) is 4. The number of methoxy groups -OCH3 is 1. The van der Waals surface area contributed by atoms with Gasteiger partial charge in [0.25, 0.3) is 0 Å². The van der Waals surface area contributed by atoms with Gasteiger partial charge in [0, 0.05) is 33.0 Å². The van der Waals surface area contributed by atoms with Crippen LogP contribution in [0.2, 0.25) is 0 Å². The number of imidazole rings is 1. The molecule has 2 aromatic heterocycles. The van der Waals surface area contributed by atoms with Gasteiger partial charge in [-0.05, 0) is 11.8 Å². The minimum atomic E-state index is 0.180. The van der Waals surface area contributed by atoms with Crippen molar-refractivity contribution >= 4 is 0 Å². The predicted octanol–water partition coefficient (Wildman–Crippen LogP) is 2.77. The smallest absolute Gasteiger partial charge is 0.216 e. The standard InChI is InChI=1S/C17H29N5O/c1-11(2)14-13(17(23-7)22(6)20-14)10-19-15(12(3)4)16-18-8-9-21(16)5/h8-9,11-12,15,19H,10H2,1-7H3. The molecule has 0 aliphatic rings. The molecular weight excluding hydrogens is 290 g/mol. The lowest BCUT2D eigenvalue weighted by atomic mass is 10.0. The molecule has 0 bridgehead atoms. The van der Waals surface area contributed by atoms with Gasteiger partial charge in [-0.15, -0.1) is 0 Å². The molecule has 0 saturated carbocycles. The van der Waals surface area contributed by atoms with E-state index in [2.05, 4.69) is 47.7 Å². The quantitative estimate of drug-likeness (QED) is 0.852. The van der Waals surface area contributed by atoms with E-state index < -0.39 is 0 Å². The van der Waals surface area contributed by atoms with E-state index in [1.165, 1.54) is 0 Å². The van der Waals surface area contributed by atoms with E-state index in [0.29, 0.717) is 18.4 Å². The van der Waals surface area contributed by atoms with Crippen LogP contribution in [-0.4, -0.2) is 26.4 Å². The van der Waals surface area contributed by atoms with Crippen molar-refractivity contribution in [2.75, 3.05) is 7.11 Å². The highest BCUT2D eigenvalue weighted by molar-refractivity contribution is 5.33. The average molecular weight is 319 g/mol. The highest BCUT2D eigenvalue weighted by atomic mass is 16.5. The predicted molar refractivity (Wildman–Crippen MR) is 91.5 cm³/mol. The Labute approximate surface area is 138 Å². The van der Waals surface area contributed by atoms with Gasteiger partial charge in [-0.25, -0.2) is 9.67 Å². The van der Waals surface area contributed by atoms with Crippen LogP contribution in [0.4, 0.5) is 0 Å². The first-order valence-electron chi connectivity index (χ1n) is 8.17. The van der Waals surface area contributed by atoms with Crippen LogP contribution in [0.5, 0.6) is 5.88 Å². The van der Waals surface area contributed by atoms with Crippen molar-refractivity contribution in [2.45, 2.75) is 46.2 Å². The molecule has 2 heterocycles. The van der Waals surface area contributed by atoms with Gasteiger partial charge in [0.15, 0.2) is 0 Å². The van der Waals surface area contributed by atoms with Crippen molar-refractivity contribution in [1.82, 2.24) is 24.6 Å². The first-order valence-corrected chi connectivity index (χ1v) is 8.17. The van der Waals surface area contributed by atoms with Crippen molar-refractivity contribution in [2.24, 2.45) is 20.0 Å². The number of rotatable bonds is 7. The summed E-state index contributed by atoms with van der Waals surface area (Å²) in [5.74, 6) is 2.66. The molecule has 1 atom stereocenters. The second-order valence-electron chi connectivity index (χ2n) is 6.65. The summed E-state index contributed by atoms with van der Waals surface area (Å²) < 4.78 is 9.44. The number of nitrogens with one attached hydrogen (secondary N) is 1. The molecule has 0 aliphatic carbocycles. The van der Waals surface area contributed by atoms with E-state index >= 15 is 0 Å². The van der Waals surface area contributed by atoms with Crippen LogP contribution >= 0.6 is 0 Å². The minimum absolute atomic E-state index is 0.180. The Morgan fingerprint density at radius 2 is 1.91 bits per heavy atom. The zero-order valence-corrected chi connectivity index (χ0v) is 15.3. The maximum Gasteiger partial charge on any atom is 0.216 e. The molecule has 0 saturated heterocycles. The van der Waals surface area contributed by atoms with E-state index in [0.717, 1.165) is 23.0 Å². The maximum absolute atomic E-state index is 5.55. The molecule has 0 radical (unpaired) electrons. The van der Waals surface area contributed by atoms with Gasteiger partial charge in [-0.3, -0.25) is 0 Å². The summed E-state index contributed by atoms with van der Waals surface area (Å²) in [6, 6.07) is 0.180. The van der Waals surface area contributed by atoms with Gasteiger partial charge in [-0.1, -0.05) is 27.7 Å². The van der Waals surface area contributed by atoms with Gasteiger partial charge in [0.1, 0.15) is 5.82 Å².